The van der Waals surface area contributed by atoms with Gasteiger partial charge in [0.05, 0.1) is 33.3 Å². The molecule has 0 aliphatic carbocycles. The number of rotatable bonds is 4. The van der Waals surface area contributed by atoms with Gasteiger partial charge in [0.1, 0.15) is 0 Å². The van der Waals surface area contributed by atoms with Crippen LogP contribution in [0.25, 0.3) is 82.0 Å². The Kier molecular flexibility index (Phi) is 7.72. The zero-order chi connectivity index (χ0) is 42.1. The SMILES string of the molecule is CC(C)(C)c1cc(-n2c3cccc4c3-n(c3cc5cc6cc(N(c7ccccc7)c7ccccc7)ccc6cc5cc32)n2c3ccccc3c3cccc4c32)cc(C(C)(C)C)c1. The van der Waals surface area contributed by atoms with Gasteiger partial charge in [-0.15, -0.1) is 0 Å². The number of hydrogen-bond donors (Lipinski definition) is 0. The highest BCUT2D eigenvalue weighted by molar-refractivity contribution is 6.20. The van der Waals surface area contributed by atoms with Gasteiger partial charge in [0.2, 0.25) is 0 Å². The van der Waals surface area contributed by atoms with Crippen molar-refractivity contribution in [1.29, 1.82) is 0 Å². The fourth-order valence-electron chi connectivity index (χ4n) is 10.0. The molecule has 0 saturated carbocycles. The first-order chi connectivity index (χ1) is 30.0. The maximum Gasteiger partial charge on any atom is 0.0957 e. The van der Waals surface area contributed by atoms with Crippen molar-refractivity contribution in [3.63, 3.8) is 0 Å². The van der Waals surface area contributed by atoms with Gasteiger partial charge in [-0.1, -0.05) is 139 Å². The lowest BCUT2D eigenvalue weighted by atomic mass is 9.80. The summed E-state index contributed by atoms with van der Waals surface area (Å²) >= 11 is 0. The lowest BCUT2D eigenvalue weighted by molar-refractivity contribution is 0.568. The molecule has 10 aromatic rings. The van der Waals surface area contributed by atoms with E-state index in [2.05, 4.69) is 242 Å². The van der Waals surface area contributed by atoms with E-state index in [0.29, 0.717) is 0 Å². The molecule has 300 valence electrons. The highest BCUT2D eigenvalue weighted by atomic mass is 15.4. The van der Waals surface area contributed by atoms with E-state index < -0.39 is 0 Å². The fraction of sp³-hybridized carbons (Fsp3) is 0.138. The molecular formula is C58H48N4. The third-order valence-electron chi connectivity index (χ3n) is 13.2. The van der Waals surface area contributed by atoms with Crippen LogP contribution in [0.15, 0.2) is 182 Å². The van der Waals surface area contributed by atoms with Gasteiger partial charge >= 0.3 is 0 Å². The van der Waals surface area contributed by atoms with Crippen LogP contribution in [0, 0.1) is 0 Å². The zero-order valence-corrected chi connectivity index (χ0v) is 36.1. The first kappa shape index (κ1) is 36.5. The van der Waals surface area contributed by atoms with Crippen LogP contribution in [-0.4, -0.2) is 13.8 Å². The van der Waals surface area contributed by atoms with Crippen molar-refractivity contribution < 1.29 is 0 Å². The molecule has 0 unspecified atom stereocenters. The highest BCUT2D eigenvalue weighted by Gasteiger charge is 2.27. The molecule has 4 nitrogen and oxygen atoms in total. The fourth-order valence-corrected chi connectivity index (χ4v) is 10.0. The second-order valence-electron chi connectivity index (χ2n) is 19.2. The number of fused-ring (bicyclic) bond motifs is 9. The van der Waals surface area contributed by atoms with E-state index in [1.54, 1.807) is 0 Å². The molecule has 9 aromatic carbocycles. The van der Waals surface area contributed by atoms with Crippen LogP contribution in [0.1, 0.15) is 52.7 Å². The van der Waals surface area contributed by atoms with Crippen LogP contribution in [0.5, 0.6) is 0 Å². The maximum absolute atomic E-state index is 2.55. The van der Waals surface area contributed by atoms with Crippen LogP contribution in [-0.2, 0) is 10.8 Å². The summed E-state index contributed by atoms with van der Waals surface area (Å²) in [4.78, 5) is 2.35. The monoisotopic (exact) mass is 800 g/mol. The Morgan fingerprint density at radius 3 is 1.58 bits per heavy atom. The normalized spacial score (nSPS) is 12.7. The smallest absolute Gasteiger partial charge is 0.0957 e. The second-order valence-corrected chi connectivity index (χ2v) is 19.2. The summed E-state index contributed by atoms with van der Waals surface area (Å²) in [5.74, 6) is 0. The van der Waals surface area contributed by atoms with E-state index in [0.717, 1.165) is 28.1 Å². The minimum absolute atomic E-state index is 0.0386. The van der Waals surface area contributed by atoms with Crippen molar-refractivity contribution in [1.82, 2.24) is 13.8 Å². The van der Waals surface area contributed by atoms with E-state index in [1.807, 2.05) is 0 Å². The Morgan fingerprint density at radius 1 is 0.371 bits per heavy atom. The lowest BCUT2D eigenvalue weighted by Crippen LogP contribution is -2.19. The summed E-state index contributed by atoms with van der Waals surface area (Å²) < 4.78 is 7.58. The first-order valence-electron chi connectivity index (χ1n) is 21.9. The molecule has 3 heterocycles. The molecule has 2 aliphatic rings. The molecule has 0 amide bonds. The van der Waals surface area contributed by atoms with Crippen LogP contribution in [0.2, 0.25) is 0 Å². The molecule has 0 fully saturated rings. The number of aromatic nitrogens is 3. The quantitative estimate of drug-likeness (QED) is 0.128. The number of benzene rings is 9. The van der Waals surface area contributed by atoms with Crippen LogP contribution in [0.3, 0.4) is 0 Å². The van der Waals surface area contributed by atoms with Gasteiger partial charge in [0.15, 0.2) is 0 Å². The molecular weight excluding hydrogens is 753 g/mol. The summed E-state index contributed by atoms with van der Waals surface area (Å²) in [6.07, 6.45) is 0. The summed E-state index contributed by atoms with van der Waals surface area (Å²) in [6, 6.07) is 67.8. The van der Waals surface area contributed by atoms with Crippen LogP contribution >= 0.6 is 0 Å². The highest BCUT2D eigenvalue weighted by Crippen LogP contribution is 2.44. The van der Waals surface area contributed by atoms with Crippen LogP contribution < -0.4 is 4.90 Å². The molecule has 2 aliphatic heterocycles. The molecule has 0 atom stereocenters. The minimum Gasteiger partial charge on any atom is -0.310 e. The topological polar surface area (TPSA) is 17.5 Å². The van der Waals surface area contributed by atoms with Gasteiger partial charge in [0, 0.05) is 44.3 Å². The van der Waals surface area contributed by atoms with E-state index in [-0.39, 0.29) is 10.8 Å². The standard InChI is InChI=1S/C58H48N4/c1-57(2,3)41-34-42(58(4,5)6)36-46(35-41)60-52-26-16-24-50-49-23-15-22-48-47-21-13-14-25-51(47)61(55(48)49)62(56(50)52)54-33-40-30-38-31-45(28-27-37(38)29-39(40)32-53(54)60)59(43-17-9-7-10-18-43)44-19-11-8-12-20-44/h7-36H,1-6H3. The van der Waals surface area contributed by atoms with E-state index in [1.165, 1.54) is 82.1 Å². The van der Waals surface area contributed by atoms with Crippen molar-refractivity contribution in [3.05, 3.63) is 193 Å². The molecule has 0 N–H and O–H groups in total. The van der Waals surface area contributed by atoms with E-state index in [4.69, 9.17) is 0 Å². The van der Waals surface area contributed by atoms with Gasteiger partial charge in [-0.2, -0.15) is 0 Å². The Balaban J connectivity index is 1.23. The molecule has 1 aromatic heterocycles. The van der Waals surface area contributed by atoms with Gasteiger partial charge in [-0.05, 0) is 128 Å². The Hall–Kier alpha value is -7.30. The lowest BCUT2D eigenvalue weighted by Gasteiger charge is -2.30. The van der Waals surface area contributed by atoms with Crippen LogP contribution in [0.4, 0.5) is 17.1 Å². The van der Waals surface area contributed by atoms with Gasteiger partial charge < -0.3 is 9.47 Å². The van der Waals surface area contributed by atoms with E-state index in [9.17, 15) is 0 Å². The second kappa shape index (κ2) is 13.1. The van der Waals surface area contributed by atoms with Crippen molar-refractivity contribution in [2.75, 3.05) is 4.90 Å². The summed E-state index contributed by atoms with van der Waals surface area (Å²) in [6.45, 7) is 14.0. The first-order valence-corrected chi connectivity index (χ1v) is 21.9. The zero-order valence-electron chi connectivity index (χ0n) is 36.1. The van der Waals surface area contributed by atoms with Crippen molar-refractivity contribution >= 4 is 87.7 Å². The number of anilines is 3. The average molecular weight is 801 g/mol. The van der Waals surface area contributed by atoms with Gasteiger partial charge in [-0.25, -0.2) is 9.20 Å². The average Bonchev–Trinajstić information content (AvgIpc) is 3.61. The molecule has 12 rings (SSSR count). The van der Waals surface area contributed by atoms with E-state index >= 15 is 0 Å². The maximum atomic E-state index is 2.55. The van der Waals surface area contributed by atoms with Crippen molar-refractivity contribution in [2.45, 2.75) is 52.4 Å². The third-order valence-corrected chi connectivity index (χ3v) is 13.2. The van der Waals surface area contributed by atoms with Gasteiger partial charge in [0.25, 0.3) is 0 Å². The number of nitrogens with zero attached hydrogens (tertiary/aromatic N) is 4. The Labute approximate surface area is 361 Å². The number of hydrogen-bond acceptors (Lipinski definition) is 1. The van der Waals surface area contributed by atoms with Crippen molar-refractivity contribution in [3.8, 4) is 11.4 Å². The number of para-hydroxylation sites is 5. The molecule has 0 bridgehead atoms. The van der Waals surface area contributed by atoms with Crippen molar-refractivity contribution in [2.24, 2.45) is 0 Å². The predicted molar refractivity (Wildman–Crippen MR) is 264 cm³/mol. The summed E-state index contributed by atoms with van der Waals surface area (Å²) in [7, 11) is 0. The molecule has 0 saturated heterocycles. The molecule has 4 heteroatoms. The van der Waals surface area contributed by atoms with Gasteiger partial charge in [-0.3, -0.25) is 0 Å². The molecule has 0 radical (unpaired) electrons. The predicted octanol–water partition coefficient (Wildman–Crippen LogP) is 15.9. The largest absolute Gasteiger partial charge is 0.310 e. The summed E-state index contributed by atoms with van der Waals surface area (Å²) in [5.41, 5.74) is 14.3. The summed E-state index contributed by atoms with van der Waals surface area (Å²) in [5, 5.41) is 9.85. The molecule has 62 heavy (non-hydrogen) atoms. The molecule has 0 spiro atoms. The Bertz CT molecular complexity index is 3630. The minimum atomic E-state index is -0.0386. The Morgan fingerprint density at radius 2 is 0.903 bits per heavy atom. The third kappa shape index (κ3) is 5.45.